The second kappa shape index (κ2) is 5.77. The van der Waals surface area contributed by atoms with Gasteiger partial charge < -0.3 is 0 Å². The van der Waals surface area contributed by atoms with E-state index >= 15 is 0 Å². The maximum absolute atomic E-state index is 13.4. The first-order valence-corrected chi connectivity index (χ1v) is 7.11. The van der Waals surface area contributed by atoms with Crippen LogP contribution in [0.1, 0.15) is 11.3 Å². The van der Waals surface area contributed by atoms with Crippen molar-refractivity contribution < 1.29 is 12.8 Å². The van der Waals surface area contributed by atoms with E-state index in [0.717, 1.165) is 0 Å². The summed E-state index contributed by atoms with van der Waals surface area (Å²) in [5.41, 5.74) is 0.0204. The summed E-state index contributed by atoms with van der Waals surface area (Å²) in [7, 11) is -3.92. The predicted octanol–water partition coefficient (Wildman–Crippen LogP) is 1.57. The maximum Gasteiger partial charge on any atom is 0.243 e. The first-order chi connectivity index (χ1) is 9.54. The third-order valence-corrected chi connectivity index (χ3v) is 4.01. The Balaban J connectivity index is 2.25. The molecule has 0 spiro atoms. The maximum atomic E-state index is 13.4. The molecule has 1 N–H and O–H groups in total. The lowest BCUT2D eigenvalue weighted by atomic mass is 10.2. The third-order valence-electron chi connectivity index (χ3n) is 2.58. The standard InChI is InChI=1S/C13H10FN3O2S/c14-11-5-2-1-4-10(11)9-17-20(18,19)13-6-3-7-16-12(13)8-15/h1-7,17H,9H2. The molecule has 0 unspecified atom stereocenters. The van der Waals surface area contributed by atoms with Crippen LogP contribution in [0.25, 0.3) is 0 Å². The second-order valence-corrected chi connectivity index (χ2v) is 5.61. The average molecular weight is 291 g/mol. The molecule has 1 aromatic carbocycles. The molecule has 2 rings (SSSR count). The molecule has 0 fully saturated rings. The van der Waals surface area contributed by atoms with Crippen LogP contribution in [0, 0.1) is 17.1 Å². The van der Waals surface area contributed by atoms with Crippen molar-refractivity contribution >= 4 is 10.0 Å². The quantitative estimate of drug-likeness (QED) is 0.927. The van der Waals surface area contributed by atoms with Gasteiger partial charge in [-0.25, -0.2) is 22.5 Å². The molecule has 0 saturated heterocycles. The van der Waals surface area contributed by atoms with Crippen LogP contribution in [0.3, 0.4) is 0 Å². The molecule has 1 heterocycles. The number of aromatic nitrogens is 1. The van der Waals surface area contributed by atoms with E-state index in [0.29, 0.717) is 0 Å². The van der Waals surface area contributed by atoms with Crippen molar-refractivity contribution in [2.24, 2.45) is 0 Å². The Morgan fingerprint density at radius 3 is 2.70 bits per heavy atom. The number of benzene rings is 1. The van der Waals surface area contributed by atoms with Gasteiger partial charge in [-0.2, -0.15) is 5.26 Å². The summed E-state index contributed by atoms with van der Waals surface area (Å²) in [4.78, 5) is 3.46. The number of hydrogen-bond donors (Lipinski definition) is 1. The summed E-state index contributed by atoms with van der Waals surface area (Å²) in [5, 5.41) is 8.85. The fourth-order valence-corrected chi connectivity index (χ4v) is 2.70. The Morgan fingerprint density at radius 1 is 1.25 bits per heavy atom. The first kappa shape index (κ1) is 14.1. The number of nitrogens with zero attached hydrogens (tertiary/aromatic N) is 2. The molecule has 0 atom stereocenters. The fraction of sp³-hybridized carbons (Fsp3) is 0.0769. The van der Waals surface area contributed by atoms with Crippen molar-refractivity contribution in [3.05, 3.63) is 59.7 Å². The number of nitrogens with one attached hydrogen (secondary N) is 1. The summed E-state index contributed by atoms with van der Waals surface area (Å²) in [5.74, 6) is -0.498. The lowest BCUT2D eigenvalue weighted by Gasteiger charge is -2.08. The van der Waals surface area contributed by atoms with E-state index in [-0.39, 0.29) is 22.7 Å². The topological polar surface area (TPSA) is 82.8 Å². The highest BCUT2D eigenvalue weighted by atomic mass is 32.2. The van der Waals surface area contributed by atoms with Gasteiger partial charge in [0.1, 0.15) is 16.8 Å². The summed E-state index contributed by atoms with van der Waals surface area (Å²) < 4.78 is 39.8. The highest BCUT2D eigenvalue weighted by Gasteiger charge is 2.19. The van der Waals surface area contributed by atoms with Gasteiger partial charge in [0.15, 0.2) is 5.69 Å². The van der Waals surface area contributed by atoms with Gasteiger partial charge >= 0.3 is 0 Å². The van der Waals surface area contributed by atoms with E-state index in [1.54, 1.807) is 12.1 Å². The number of hydrogen-bond acceptors (Lipinski definition) is 4. The van der Waals surface area contributed by atoms with E-state index < -0.39 is 15.8 Å². The number of sulfonamides is 1. The zero-order valence-corrected chi connectivity index (χ0v) is 11.1. The van der Waals surface area contributed by atoms with Crippen LogP contribution in [-0.2, 0) is 16.6 Å². The average Bonchev–Trinajstić information content (AvgIpc) is 2.46. The second-order valence-electron chi connectivity index (χ2n) is 3.88. The van der Waals surface area contributed by atoms with Crippen molar-refractivity contribution in [1.82, 2.24) is 9.71 Å². The van der Waals surface area contributed by atoms with Gasteiger partial charge in [-0.15, -0.1) is 0 Å². The van der Waals surface area contributed by atoms with Crippen LogP contribution in [0.5, 0.6) is 0 Å². The molecule has 0 aliphatic carbocycles. The normalized spacial score (nSPS) is 11.0. The van der Waals surface area contributed by atoms with Crippen molar-refractivity contribution in [2.75, 3.05) is 0 Å². The minimum atomic E-state index is -3.92. The van der Waals surface area contributed by atoms with Gasteiger partial charge in [0.2, 0.25) is 10.0 Å². The van der Waals surface area contributed by atoms with Crippen LogP contribution >= 0.6 is 0 Å². The van der Waals surface area contributed by atoms with Gasteiger partial charge in [-0.1, -0.05) is 18.2 Å². The minimum Gasteiger partial charge on any atom is -0.244 e. The van der Waals surface area contributed by atoms with Crippen LogP contribution in [0.2, 0.25) is 0 Å². The molecule has 1 aromatic heterocycles. The Hall–Kier alpha value is -2.30. The summed E-state index contributed by atoms with van der Waals surface area (Å²) in [6.45, 7) is -0.200. The van der Waals surface area contributed by atoms with Gasteiger partial charge in [-0.05, 0) is 18.2 Å². The Kier molecular flexibility index (Phi) is 4.08. The first-order valence-electron chi connectivity index (χ1n) is 5.63. The van der Waals surface area contributed by atoms with Crippen LogP contribution in [0.15, 0.2) is 47.5 Å². The van der Waals surface area contributed by atoms with Crippen molar-refractivity contribution in [1.29, 1.82) is 5.26 Å². The highest BCUT2D eigenvalue weighted by Crippen LogP contribution is 2.13. The van der Waals surface area contributed by atoms with E-state index in [2.05, 4.69) is 9.71 Å². The predicted molar refractivity (Wildman–Crippen MR) is 69.4 cm³/mol. The van der Waals surface area contributed by atoms with E-state index in [9.17, 15) is 12.8 Å². The number of rotatable bonds is 4. The van der Waals surface area contributed by atoms with Gasteiger partial charge in [0.05, 0.1) is 0 Å². The minimum absolute atomic E-state index is 0.200. The molecule has 0 radical (unpaired) electrons. The zero-order chi connectivity index (χ0) is 14.6. The van der Waals surface area contributed by atoms with E-state index in [1.807, 2.05) is 0 Å². The Bertz CT molecular complexity index is 769. The fourth-order valence-electron chi connectivity index (χ4n) is 1.58. The third kappa shape index (κ3) is 2.99. The van der Waals surface area contributed by atoms with Gasteiger partial charge in [0, 0.05) is 18.3 Å². The number of halogens is 1. The van der Waals surface area contributed by atoms with Crippen molar-refractivity contribution in [2.45, 2.75) is 11.4 Å². The molecule has 2 aromatic rings. The van der Waals surface area contributed by atoms with Crippen LogP contribution in [-0.4, -0.2) is 13.4 Å². The summed E-state index contributed by atoms with van der Waals surface area (Å²) >= 11 is 0. The van der Waals surface area contributed by atoms with Gasteiger partial charge in [-0.3, -0.25) is 0 Å². The molecule has 0 saturated carbocycles. The molecule has 7 heteroatoms. The lowest BCUT2D eigenvalue weighted by molar-refractivity contribution is 0.573. The van der Waals surface area contributed by atoms with Crippen LogP contribution < -0.4 is 4.72 Å². The SMILES string of the molecule is N#Cc1ncccc1S(=O)(=O)NCc1ccccc1F. The summed E-state index contributed by atoms with van der Waals surface area (Å²) in [6.07, 6.45) is 1.33. The molecule has 20 heavy (non-hydrogen) atoms. The molecular weight excluding hydrogens is 281 g/mol. The largest absolute Gasteiger partial charge is 0.244 e. The van der Waals surface area contributed by atoms with E-state index in [4.69, 9.17) is 5.26 Å². The van der Waals surface area contributed by atoms with Crippen LogP contribution in [0.4, 0.5) is 4.39 Å². The van der Waals surface area contributed by atoms with Crippen molar-refractivity contribution in [3.63, 3.8) is 0 Å². The molecule has 0 aliphatic heterocycles. The van der Waals surface area contributed by atoms with Gasteiger partial charge in [0.25, 0.3) is 0 Å². The molecule has 102 valence electrons. The zero-order valence-electron chi connectivity index (χ0n) is 10.2. The lowest BCUT2D eigenvalue weighted by Crippen LogP contribution is -2.24. The molecular formula is C13H10FN3O2S. The molecule has 0 bridgehead atoms. The Morgan fingerprint density at radius 2 is 2.00 bits per heavy atom. The monoisotopic (exact) mass is 291 g/mol. The van der Waals surface area contributed by atoms with E-state index in [1.165, 1.54) is 36.5 Å². The van der Waals surface area contributed by atoms with Crippen molar-refractivity contribution in [3.8, 4) is 6.07 Å². The molecule has 5 nitrogen and oxygen atoms in total. The molecule has 0 amide bonds. The number of nitriles is 1. The smallest absolute Gasteiger partial charge is 0.243 e. The highest BCUT2D eigenvalue weighted by molar-refractivity contribution is 7.89. The molecule has 0 aliphatic rings. The number of pyridine rings is 1. The Labute approximate surface area is 115 Å². The summed E-state index contributed by atoms with van der Waals surface area (Å²) in [6, 6.07) is 10.2.